The molecule has 1 aromatic carbocycles. The van der Waals surface area contributed by atoms with Gasteiger partial charge < -0.3 is 15.2 Å². The molecule has 1 aromatic heterocycles. The van der Waals surface area contributed by atoms with E-state index in [1.54, 1.807) is 36.5 Å². The number of anilines is 2. The second-order valence-corrected chi connectivity index (χ2v) is 4.23. The second kappa shape index (κ2) is 3.69. The fourth-order valence-corrected chi connectivity index (χ4v) is 2.27. The molecule has 0 spiro atoms. The summed E-state index contributed by atoms with van der Waals surface area (Å²) in [6, 6.07) is 9.60. The first-order chi connectivity index (χ1) is 9.06. The summed E-state index contributed by atoms with van der Waals surface area (Å²) in [4.78, 5) is 27.6. The van der Waals surface area contributed by atoms with Crippen LogP contribution in [-0.4, -0.2) is 27.1 Å². The summed E-state index contributed by atoms with van der Waals surface area (Å²) in [5.74, 6) is -2.07. The predicted octanol–water partition coefficient (Wildman–Crippen LogP) is 0.965. The highest BCUT2D eigenvalue weighted by molar-refractivity contribution is 6.21. The molecule has 0 aliphatic carbocycles. The second-order valence-electron chi connectivity index (χ2n) is 4.23. The summed E-state index contributed by atoms with van der Waals surface area (Å²) in [6.07, 6.45) is 1.61. The van der Waals surface area contributed by atoms with Crippen LogP contribution < -0.4 is 4.90 Å². The van der Waals surface area contributed by atoms with Crippen LogP contribution in [0.3, 0.4) is 0 Å². The number of aromatic nitrogens is 1. The fraction of sp³-hybridized carbons (Fsp3) is 0.0769. The molecule has 19 heavy (non-hydrogen) atoms. The smallest absolute Gasteiger partial charge is 0.350 e. The van der Waals surface area contributed by atoms with Gasteiger partial charge in [0.15, 0.2) is 0 Å². The average molecular weight is 258 g/mol. The van der Waals surface area contributed by atoms with E-state index in [0.717, 1.165) is 0 Å². The minimum atomic E-state index is -2.54. The summed E-state index contributed by atoms with van der Waals surface area (Å²) in [5, 5.41) is 19.5. The third kappa shape index (κ3) is 1.34. The van der Waals surface area contributed by atoms with Crippen LogP contribution in [0.2, 0.25) is 0 Å². The Morgan fingerprint density at radius 1 is 1.21 bits per heavy atom. The minimum absolute atomic E-state index is 0.0714. The lowest BCUT2D eigenvalue weighted by molar-refractivity contribution is -0.164. The molecule has 96 valence electrons. The monoisotopic (exact) mass is 258 g/mol. The predicted molar refractivity (Wildman–Crippen MR) is 65.9 cm³/mol. The van der Waals surface area contributed by atoms with E-state index in [4.69, 9.17) is 0 Å². The quantitative estimate of drug-likeness (QED) is 0.699. The topological polar surface area (TPSA) is 93.6 Å². The lowest BCUT2D eigenvalue weighted by Crippen LogP contribution is -2.44. The van der Waals surface area contributed by atoms with Crippen molar-refractivity contribution >= 4 is 23.4 Å². The van der Waals surface area contributed by atoms with Crippen molar-refractivity contribution in [1.29, 1.82) is 0 Å². The van der Waals surface area contributed by atoms with Gasteiger partial charge in [-0.15, -0.1) is 0 Å². The highest BCUT2D eigenvalue weighted by Gasteiger charge is 2.56. The van der Waals surface area contributed by atoms with Crippen molar-refractivity contribution in [3.05, 3.63) is 48.2 Å². The van der Waals surface area contributed by atoms with Gasteiger partial charge in [0, 0.05) is 11.8 Å². The van der Waals surface area contributed by atoms with Crippen molar-refractivity contribution in [3.63, 3.8) is 0 Å². The number of nitrogens with zero attached hydrogens (tertiary/aromatic N) is 1. The number of hydrogen-bond donors (Lipinski definition) is 3. The number of H-pyrrole nitrogens is 1. The van der Waals surface area contributed by atoms with Crippen LogP contribution in [0.4, 0.5) is 11.5 Å². The Morgan fingerprint density at radius 3 is 2.58 bits per heavy atom. The van der Waals surface area contributed by atoms with Gasteiger partial charge in [0.25, 0.3) is 11.5 Å². The molecule has 0 bridgehead atoms. The maximum Gasteiger partial charge on any atom is 0.350 e. The van der Waals surface area contributed by atoms with Gasteiger partial charge in [0.1, 0.15) is 5.82 Å². The third-order valence-electron chi connectivity index (χ3n) is 3.18. The van der Waals surface area contributed by atoms with Crippen LogP contribution in [-0.2, 0) is 15.2 Å². The lowest BCUT2D eigenvalue weighted by atomic mass is 9.96. The number of carbonyl (C=O) groups is 2. The molecule has 6 heteroatoms. The van der Waals surface area contributed by atoms with Crippen molar-refractivity contribution < 1.29 is 19.8 Å². The molecule has 3 rings (SSSR count). The van der Waals surface area contributed by atoms with Crippen LogP contribution in [0.25, 0.3) is 0 Å². The van der Waals surface area contributed by atoms with E-state index in [1.807, 2.05) is 0 Å². The Morgan fingerprint density at radius 2 is 1.95 bits per heavy atom. The Balaban J connectivity index is 2.26. The molecule has 0 fully saturated rings. The van der Waals surface area contributed by atoms with Crippen LogP contribution in [0.5, 0.6) is 0 Å². The SMILES string of the molecule is O=C(O)C1(O)C(=O)N(c2ccc[nH]2)c2ccccc21. The van der Waals surface area contributed by atoms with Crippen molar-refractivity contribution in [2.45, 2.75) is 5.60 Å². The molecule has 0 saturated heterocycles. The molecule has 1 aliphatic rings. The van der Waals surface area contributed by atoms with Gasteiger partial charge in [-0.3, -0.25) is 9.69 Å². The number of rotatable bonds is 2. The standard InChI is InChI=1S/C13H10N2O4/c16-11-13(19,12(17)18)8-4-1-2-5-9(8)15(11)10-6-3-7-14-10/h1-7,14,19H,(H,17,18). The minimum Gasteiger partial charge on any atom is -0.478 e. The zero-order valence-corrected chi connectivity index (χ0v) is 9.70. The number of carbonyl (C=O) groups excluding carboxylic acids is 1. The largest absolute Gasteiger partial charge is 0.478 e. The number of amides is 1. The number of benzene rings is 1. The molecular formula is C13H10N2O4. The van der Waals surface area contributed by atoms with Gasteiger partial charge in [-0.25, -0.2) is 4.79 Å². The van der Waals surface area contributed by atoms with Gasteiger partial charge in [0.2, 0.25) is 0 Å². The van der Waals surface area contributed by atoms with E-state index in [2.05, 4.69) is 4.98 Å². The van der Waals surface area contributed by atoms with E-state index < -0.39 is 17.5 Å². The maximum absolute atomic E-state index is 12.3. The van der Waals surface area contributed by atoms with Crippen molar-refractivity contribution in [3.8, 4) is 0 Å². The first-order valence-electron chi connectivity index (χ1n) is 5.60. The number of nitrogens with one attached hydrogen (secondary N) is 1. The number of aliphatic carboxylic acids is 1. The molecule has 0 saturated carbocycles. The van der Waals surface area contributed by atoms with Gasteiger partial charge in [0.05, 0.1) is 5.69 Å². The number of carboxylic acids is 1. The van der Waals surface area contributed by atoms with Crippen molar-refractivity contribution in [2.75, 3.05) is 4.90 Å². The zero-order chi connectivity index (χ0) is 13.6. The van der Waals surface area contributed by atoms with Gasteiger partial charge in [-0.2, -0.15) is 0 Å². The van der Waals surface area contributed by atoms with Crippen LogP contribution in [0.15, 0.2) is 42.6 Å². The van der Waals surface area contributed by atoms with Gasteiger partial charge in [-0.1, -0.05) is 18.2 Å². The van der Waals surface area contributed by atoms with Gasteiger partial charge in [-0.05, 0) is 18.2 Å². The van der Waals surface area contributed by atoms with E-state index in [-0.39, 0.29) is 5.56 Å². The van der Waals surface area contributed by atoms with E-state index in [0.29, 0.717) is 11.5 Å². The molecule has 1 unspecified atom stereocenters. The average Bonchev–Trinajstić information content (AvgIpc) is 2.98. The summed E-state index contributed by atoms with van der Waals surface area (Å²) < 4.78 is 0. The normalized spacial score (nSPS) is 21.5. The first-order valence-corrected chi connectivity index (χ1v) is 5.60. The third-order valence-corrected chi connectivity index (χ3v) is 3.18. The molecule has 1 aliphatic heterocycles. The number of para-hydroxylation sites is 1. The molecule has 1 amide bonds. The fourth-order valence-electron chi connectivity index (χ4n) is 2.27. The van der Waals surface area contributed by atoms with Gasteiger partial charge >= 0.3 is 5.97 Å². The highest BCUT2D eigenvalue weighted by atomic mass is 16.4. The van der Waals surface area contributed by atoms with E-state index in [1.165, 1.54) is 11.0 Å². The van der Waals surface area contributed by atoms with E-state index >= 15 is 0 Å². The molecule has 2 aromatic rings. The van der Waals surface area contributed by atoms with Crippen LogP contribution in [0, 0.1) is 0 Å². The summed E-state index contributed by atoms with van der Waals surface area (Å²) in [5.41, 5.74) is -2.11. The lowest BCUT2D eigenvalue weighted by Gasteiger charge is -2.18. The Bertz CT molecular complexity index is 665. The van der Waals surface area contributed by atoms with E-state index in [9.17, 15) is 19.8 Å². The number of fused-ring (bicyclic) bond motifs is 1. The summed E-state index contributed by atoms with van der Waals surface area (Å²) >= 11 is 0. The summed E-state index contributed by atoms with van der Waals surface area (Å²) in [6.45, 7) is 0. The molecule has 0 radical (unpaired) electrons. The first kappa shape index (κ1) is 11.5. The number of carboxylic acid groups (broad SMARTS) is 1. The molecule has 6 nitrogen and oxygen atoms in total. The number of hydrogen-bond acceptors (Lipinski definition) is 3. The molecule has 3 N–H and O–H groups in total. The Labute approximate surface area is 107 Å². The molecule has 1 atom stereocenters. The highest BCUT2D eigenvalue weighted by Crippen LogP contribution is 2.43. The maximum atomic E-state index is 12.3. The Hall–Kier alpha value is -2.60. The number of aliphatic hydroxyl groups is 1. The van der Waals surface area contributed by atoms with Crippen molar-refractivity contribution in [2.24, 2.45) is 0 Å². The van der Waals surface area contributed by atoms with Crippen molar-refractivity contribution in [1.82, 2.24) is 4.98 Å². The summed E-state index contributed by atoms with van der Waals surface area (Å²) in [7, 11) is 0. The Kier molecular flexibility index (Phi) is 2.23. The number of aromatic amines is 1. The molecule has 2 heterocycles. The molecular weight excluding hydrogens is 248 g/mol. The van der Waals surface area contributed by atoms with Crippen LogP contribution in [0.1, 0.15) is 5.56 Å². The zero-order valence-electron chi connectivity index (χ0n) is 9.70. The van der Waals surface area contributed by atoms with Crippen LogP contribution >= 0.6 is 0 Å².